The molecular formula is C13H16ClNO. The molecule has 16 heavy (non-hydrogen) atoms. The molecule has 1 aliphatic heterocycles. The minimum absolute atomic E-state index is 0.0218. The lowest BCUT2D eigenvalue weighted by Crippen LogP contribution is -2.33. The maximum Gasteiger partial charge on any atom is 0.127 e. The number of hydrogen-bond acceptors (Lipinski definition) is 2. The molecule has 0 aromatic heterocycles. The summed E-state index contributed by atoms with van der Waals surface area (Å²) in [5, 5.41) is 4.04. The van der Waals surface area contributed by atoms with Gasteiger partial charge >= 0.3 is 0 Å². The summed E-state index contributed by atoms with van der Waals surface area (Å²) in [4.78, 5) is 11.2. The van der Waals surface area contributed by atoms with Crippen LogP contribution in [0.2, 0.25) is 5.02 Å². The van der Waals surface area contributed by atoms with Gasteiger partial charge < -0.3 is 10.1 Å². The molecule has 1 N–H and O–H groups in total. The molecule has 2 rings (SSSR count). The highest BCUT2D eigenvalue weighted by Gasteiger charge is 2.24. The first-order valence-electron chi connectivity index (χ1n) is 5.72. The van der Waals surface area contributed by atoms with Crippen LogP contribution in [0.1, 0.15) is 24.3 Å². The molecule has 86 valence electrons. The lowest BCUT2D eigenvalue weighted by atomic mass is 9.82. The van der Waals surface area contributed by atoms with E-state index >= 15 is 0 Å². The van der Waals surface area contributed by atoms with Gasteiger partial charge in [0, 0.05) is 10.9 Å². The molecule has 1 aliphatic rings. The molecule has 0 saturated carbocycles. The molecule has 0 aliphatic carbocycles. The number of hydrogen-bond donors (Lipinski definition) is 1. The monoisotopic (exact) mass is 237 g/mol. The van der Waals surface area contributed by atoms with E-state index in [4.69, 9.17) is 11.6 Å². The molecule has 1 saturated heterocycles. The number of aldehydes is 1. The van der Waals surface area contributed by atoms with Crippen molar-refractivity contribution in [3.05, 3.63) is 34.9 Å². The molecule has 2 nitrogen and oxygen atoms in total. The Hall–Kier alpha value is -0.860. The topological polar surface area (TPSA) is 29.1 Å². The first-order valence-corrected chi connectivity index (χ1v) is 6.10. The highest BCUT2D eigenvalue weighted by molar-refractivity contribution is 6.30. The summed E-state index contributed by atoms with van der Waals surface area (Å²) in [5.74, 6) is 0.385. The third kappa shape index (κ3) is 2.63. The molecule has 0 amide bonds. The zero-order valence-corrected chi connectivity index (χ0v) is 9.91. The zero-order chi connectivity index (χ0) is 11.4. The second kappa shape index (κ2) is 5.46. The minimum Gasteiger partial charge on any atom is -0.316 e. The van der Waals surface area contributed by atoms with Crippen LogP contribution in [0.5, 0.6) is 0 Å². The molecule has 0 spiro atoms. The van der Waals surface area contributed by atoms with Crippen LogP contribution < -0.4 is 5.32 Å². The van der Waals surface area contributed by atoms with E-state index < -0.39 is 0 Å². The van der Waals surface area contributed by atoms with Gasteiger partial charge in [0.25, 0.3) is 0 Å². The van der Waals surface area contributed by atoms with Gasteiger partial charge in [-0.2, -0.15) is 0 Å². The van der Waals surface area contributed by atoms with Crippen LogP contribution >= 0.6 is 11.6 Å². The van der Waals surface area contributed by atoms with Gasteiger partial charge in [0.15, 0.2) is 0 Å². The molecule has 1 fully saturated rings. The van der Waals surface area contributed by atoms with Gasteiger partial charge in [0.05, 0.1) is 0 Å². The Morgan fingerprint density at radius 3 is 3.00 bits per heavy atom. The maximum absolute atomic E-state index is 11.2. The Morgan fingerprint density at radius 2 is 2.38 bits per heavy atom. The largest absolute Gasteiger partial charge is 0.316 e. The van der Waals surface area contributed by atoms with E-state index in [0.717, 1.165) is 37.8 Å². The van der Waals surface area contributed by atoms with Crippen LogP contribution in [0.15, 0.2) is 24.3 Å². The van der Waals surface area contributed by atoms with E-state index in [2.05, 4.69) is 5.32 Å². The van der Waals surface area contributed by atoms with Crippen molar-refractivity contribution in [1.82, 2.24) is 5.32 Å². The highest BCUT2D eigenvalue weighted by Crippen LogP contribution is 2.29. The standard InChI is InChI=1S/C13H16ClNO/c14-12-5-1-3-10(7-12)13(9-16)11-4-2-6-15-8-11/h1,3,5,7,9,11,13,15H,2,4,6,8H2. The van der Waals surface area contributed by atoms with Crippen molar-refractivity contribution in [3.63, 3.8) is 0 Å². The predicted molar refractivity (Wildman–Crippen MR) is 65.9 cm³/mol. The number of halogens is 1. The average Bonchev–Trinajstić information content (AvgIpc) is 2.31. The number of carbonyl (C=O) groups is 1. The van der Waals surface area contributed by atoms with E-state index in [1.54, 1.807) is 0 Å². The summed E-state index contributed by atoms with van der Waals surface area (Å²) in [7, 11) is 0. The van der Waals surface area contributed by atoms with Crippen molar-refractivity contribution >= 4 is 17.9 Å². The van der Waals surface area contributed by atoms with Crippen LogP contribution in [-0.2, 0) is 4.79 Å². The second-order valence-corrected chi connectivity index (χ2v) is 4.76. The van der Waals surface area contributed by atoms with Crippen LogP contribution in [0.25, 0.3) is 0 Å². The van der Waals surface area contributed by atoms with Crippen molar-refractivity contribution < 1.29 is 4.79 Å². The van der Waals surface area contributed by atoms with Crippen LogP contribution in [0.3, 0.4) is 0 Å². The summed E-state index contributed by atoms with van der Waals surface area (Å²) in [6, 6.07) is 7.63. The Balaban J connectivity index is 2.17. The number of nitrogens with one attached hydrogen (secondary N) is 1. The van der Waals surface area contributed by atoms with E-state index in [0.29, 0.717) is 10.9 Å². The molecule has 1 heterocycles. The van der Waals surface area contributed by atoms with Crippen molar-refractivity contribution in [2.45, 2.75) is 18.8 Å². The summed E-state index contributed by atoms with van der Waals surface area (Å²) in [6.07, 6.45) is 3.32. The summed E-state index contributed by atoms with van der Waals surface area (Å²) < 4.78 is 0. The normalized spacial score (nSPS) is 22.7. The second-order valence-electron chi connectivity index (χ2n) is 4.32. The predicted octanol–water partition coefficient (Wildman–Crippen LogP) is 2.62. The lowest BCUT2D eigenvalue weighted by molar-refractivity contribution is -0.110. The molecule has 2 atom stereocenters. The molecular weight excluding hydrogens is 222 g/mol. The third-order valence-corrected chi connectivity index (χ3v) is 3.46. The zero-order valence-electron chi connectivity index (χ0n) is 9.16. The van der Waals surface area contributed by atoms with Crippen LogP contribution in [0, 0.1) is 5.92 Å². The van der Waals surface area contributed by atoms with Crippen LogP contribution in [-0.4, -0.2) is 19.4 Å². The van der Waals surface area contributed by atoms with Crippen molar-refractivity contribution in [2.75, 3.05) is 13.1 Å². The first kappa shape index (κ1) is 11.6. The fraction of sp³-hybridized carbons (Fsp3) is 0.462. The first-order chi connectivity index (χ1) is 7.81. The van der Waals surface area contributed by atoms with E-state index in [1.165, 1.54) is 0 Å². The average molecular weight is 238 g/mol. The van der Waals surface area contributed by atoms with Gasteiger partial charge in [-0.15, -0.1) is 0 Å². The number of benzene rings is 1. The lowest BCUT2D eigenvalue weighted by Gasteiger charge is -2.27. The van der Waals surface area contributed by atoms with Gasteiger partial charge in [-0.25, -0.2) is 0 Å². The van der Waals surface area contributed by atoms with E-state index in [9.17, 15) is 4.79 Å². The molecule has 2 unspecified atom stereocenters. The van der Waals surface area contributed by atoms with Gasteiger partial charge in [0.1, 0.15) is 6.29 Å². The Morgan fingerprint density at radius 1 is 1.50 bits per heavy atom. The Bertz CT molecular complexity index is 361. The van der Waals surface area contributed by atoms with E-state index in [1.807, 2.05) is 24.3 Å². The highest BCUT2D eigenvalue weighted by atomic mass is 35.5. The number of carbonyl (C=O) groups excluding carboxylic acids is 1. The molecule has 0 bridgehead atoms. The Kier molecular flexibility index (Phi) is 3.97. The minimum atomic E-state index is -0.0218. The summed E-state index contributed by atoms with van der Waals surface area (Å²) in [5.41, 5.74) is 1.04. The molecule has 0 radical (unpaired) electrons. The summed E-state index contributed by atoms with van der Waals surface area (Å²) >= 11 is 5.95. The molecule has 1 aromatic carbocycles. The van der Waals surface area contributed by atoms with Crippen molar-refractivity contribution in [1.29, 1.82) is 0 Å². The van der Waals surface area contributed by atoms with Gasteiger partial charge in [-0.1, -0.05) is 23.7 Å². The van der Waals surface area contributed by atoms with Gasteiger partial charge in [-0.3, -0.25) is 0 Å². The smallest absolute Gasteiger partial charge is 0.127 e. The van der Waals surface area contributed by atoms with Gasteiger partial charge in [-0.05, 0) is 49.5 Å². The number of rotatable bonds is 3. The molecule has 3 heteroatoms. The SMILES string of the molecule is O=CC(c1cccc(Cl)c1)C1CCCNC1. The van der Waals surface area contributed by atoms with E-state index in [-0.39, 0.29) is 5.92 Å². The fourth-order valence-corrected chi connectivity index (χ4v) is 2.56. The van der Waals surface area contributed by atoms with Crippen molar-refractivity contribution in [3.8, 4) is 0 Å². The van der Waals surface area contributed by atoms with Crippen LogP contribution in [0.4, 0.5) is 0 Å². The number of piperidine rings is 1. The third-order valence-electron chi connectivity index (χ3n) is 3.22. The molecule has 1 aromatic rings. The Labute approximate surface area is 101 Å². The van der Waals surface area contributed by atoms with Crippen molar-refractivity contribution in [2.24, 2.45) is 5.92 Å². The fourth-order valence-electron chi connectivity index (χ4n) is 2.36. The van der Waals surface area contributed by atoms with Gasteiger partial charge in [0.2, 0.25) is 0 Å². The quantitative estimate of drug-likeness (QED) is 0.819. The maximum atomic E-state index is 11.2. The summed E-state index contributed by atoms with van der Waals surface area (Å²) in [6.45, 7) is 1.99.